The van der Waals surface area contributed by atoms with Gasteiger partial charge in [-0.1, -0.05) is 51.1 Å². The van der Waals surface area contributed by atoms with Crippen LogP contribution in [-0.4, -0.2) is 20.1 Å². The second-order valence-electron chi connectivity index (χ2n) is 5.21. The van der Waals surface area contributed by atoms with E-state index in [9.17, 15) is 0 Å². The van der Waals surface area contributed by atoms with Gasteiger partial charge in [0.15, 0.2) is 0 Å². The van der Waals surface area contributed by atoms with Gasteiger partial charge in [-0.3, -0.25) is 0 Å². The first kappa shape index (κ1) is 15.6. The van der Waals surface area contributed by atoms with Gasteiger partial charge < -0.3 is 10.2 Å². The summed E-state index contributed by atoms with van der Waals surface area (Å²) >= 11 is 10.6. The zero-order valence-electron chi connectivity index (χ0n) is 11.9. The van der Waals surface area contributed by atoms with Crippen LogP contribution < -0.4 is 10.2 Å². The minimum absolute atomic E-state index is 0.795. The molecule has 18 heavy (non-hydrogen) atoms. The van der Waals surface area contributed by atoms with Crippen molar-refractivity contribution in [2.75, 3.05) is 30.4 Å². The molecule has 0 aliphatic rings. The van der Waals surface area contributed by atoms with E-state index in [0.29, 0.717) is 0 Å². The highest BCUT2D eigenvalue weighted by Gasteiger charge is 2.16. The monoisotopic (exact) mass is 284 g/mol. The lowest BCUT2D eigenvalue weighted by molar-refractivity contribution is 0.545. The largest absolute Gasteiger partial charge is 0.382 e. The molecule has 0 saturated carbocycles. The topological polar surface area (TPSA) is 15.3 Å². The molecule has 1 rings (SSSR count). The molecule has 0 aliphatic carbocycles. The first-order valence-electron chi connectivity index (χ1n) is 6.77. The maximum Gasteiger partial charge on any atom is 0.0834 e. The van der Waals surface area contributed by atoms with Gasteiger partial charge in [-0.15, -0.1) is 0 Å². The van der Waals surface area contributed by atoms with Crippen molar-refractivity contribution in [3.8, 4) is 0 Å². The van der Waals surface area contributed by atoms with Crippen LogP contribution in [0.3, 0.4) is 0 Å². The molecule has 1 N–H and O–H groups in total. The normalized spacial score (nSPS) is 11.2. The van der Waals surface area contributed by atoms with E-state index < -0.39 is 0 Å². The fourth-order valence-electron chi connectivity index (χ4n) is 1.96. The summed E-state index contributed by atoms with van der Waals surface area (Å²) in [4.78, 5) is 2.16. The summed E-state index contributed by atoms with van der Waals surface area (Å²) in [6, 6.07) is 0. The van der Waals surface area contributed by atoms with E-state index in [1.165, 1.54) is 19.3 Å². The van der Waals surface area contributed by atoms with Crippen molar-refractivity contribution in [1.82, 2.24) is 0 Å². The number of rotatable bonds is 8. The maximum absolute atomic E-state index is 5.30. The standard InChI is InChI=1S/C14H24N2S2/c1-5-16(4)12-11(13(17)14(12)18)15-9-7-6-8-10(2)3/h10,15H,5-9H2,1-4H3. The third-order valence-electron chi connectivity index (χ3n) is 3.25. The van der Waals surface area contributed by atoms with E-state index in [-0.39, 0.29) is 0 Å². The third kappa shape index (κ3) is 3.75. The summed E-state index contributed by atoms with van der Waals surface area (Å²) in [5, 5.41) is 3.45. The molecular formula is C14H24N2S2. The molecular weight excluding hydrogens is 260 g/mol. The van der Waals surface area contributed by atoms with E-state index in [1.54, 1.807) is 0 Å². The number of unbranched alkanes of at least 4 members (excludes halogenated alkanes) is 1. The minimum atomic E-state index is 0.795. The number of hydrogen-bond acceptors (Lipinski definition) is 4. The van der Waals surface area contributed by atoms with Crippen molar-refractivity contribution in [3.05, 3.63) is 9.02 Å². The Balaban J connectivity index is 2.46. The van der Waals surface area contributed by atoms with Gasteiger partial charge in [0, 0.05) is 20.1 Å². The zero-order valence-corrected chi connectivity index (χ0v) is 13.5. The number of anilines is 2. The van der Waals surface area contributed by atoms with Gasteiger partial charge in [0.25, 0.3) is 0 Å². The molecule has 1 aromatic carbocycles. The van der Waals surface area contributed by atoms with E-state index in [0.717, 1.165) is 39.4 Å². The van der Waals surface area contributed by atoms with Crippen molar-refractivity contribution in [2.45, 2.75) is 40.0 Å². The predicted octanol–water partition coefficient (Wildman–Crippen LogP) is 4.72. The first-order chi connectivity index (χ1) is 8.49. The molecule has 0 radical (unpaired) electrons. The van der Waals surface area contributed by atoms with Gasteiger partial charge in [0.2, 0.25) is 0 Å². The zero-order chi connectivity index (χ0) is 13.7. The predicted molar refractivity (Wildman–Crippen MR) is 86.6 cm³/mol. The summed E-state index contributed by atoms with van der Waals surface area (Å²) in [7, 11) is 2.06. The van der Waals surface area contributed by atoms with Gasteiger partial charge in [-0.05, 0) is 19.3 Å². The highest BCUT2D eigenvalue weighted by atomic mass is 32.1. The van der Waals surface area contributed by atoms with Crippen LogP contribution >= 0.6 is 24.4 Å². The molecule has 0 bridgehead atoms. The van der Waals surface area contributed by atoms with Crippen molar-refractivity contribution < 1.29 is 0 Å². The summed E-state index contributed by atoms with van der Waals surface area (Å²) in [6.45, 7) is 8.60. The smallest absolute Gasteiger partial charge is 0.0834 e. The minimum Gasteiger partial charge on any atom is -0.382 e. The quantitative estimate of drug-likeness (QED) is 0.549. The second-order valence-corrected chi connectivity index (χ2v) is 6.03. The van der Waals surface area contributed by atoms with Gasteiger partial charge >= 0.3 is 0 Å². The van der Waals surface area contributed by atoms with Crippen LogP contribution in [0.4, 0.5) is 11.4 Å². The molecule has 0 aromatic heterocycles. The fourth-order valence-corrected chi connectivity index (χ4v) is 2.58. The number of nitrogens with zero attached hydrogens (tertiary/aromatic N) is 1. The Labute approximate surface area is 121 Å². The summed E-state index contributed by atoms with van der Waals surface area (Å²) < 4.78 is 1.68. The molecule has 0 aliphatic heterocycles. The van der Waals surface area contributed by atoms with E-state index in [1.807, 2.05) is 0 Å². The van der Waals surface area contributed by atoms with Crippen LogP contribution in [0.5, 0.6) is 0 Å². The molecule has 0 saturated heterocycles. The summed E-state index contributed by atoms with van der Waals surface area (Å²) in [5.41, 5.74) is 2.21. The fraction of sp³-hybridized carbons (Fsp3) is 0.714. The number of hydrogen-bond donors (Lipinski definition) is 1. The summed E-state index contributed by atoms with van der Waals surface area (Å²) in [6.07, 6.45) is 3.76. The highest BCUT2D eigenvalue weighted by molar-refractivity contribution is 7.74. The molecule has 1 aromatic rings. The van der Waals surface area contributed by atoms with Crippen LogP contribution in [-0.2, 0) is 0 Å². The molecule has 4 heteroatoms. The van der Waals surface area contributed by atoms with Gasteiger partial charge in [0.1, 0.15) is 0 Å². The van der Waals surface area contributed by atoms with E-state index in [4.69, 9.17) is 24.4 Å². The van der Waals surface area contributed by atoms with Crippen molar-refractivity contribution in [1.29, 1.82) is 0 Å². The Morgan fingerprint density at radius 3 is 2.39 bits per heavy atom. The Bertz CT molecular complexity index is 445. The Morgan fingerprint density at radius 2 is 1.83 bits per heavy atom. The van der Waals surface area contributed by atoms with Crippen LogP contribution in [0.25, 0.3) is 0 Å². The lowest BCUT2D eigenvalue weighted by Gasteiger charge is -2.24. The molecule has 0 amide bonds. The average Bonchev–Trinajstić information content (AvgIpc) is 2.35. The van der Waals surface area contributed by atoms with E-state index >= 15 is 0 Å². The van der Waals surface area contributed by atoms with Gasteiger partial charge in [-0.25, -0.2) is 0 Å². The highest BCUT2D eigenvalue weighted by Crippen LogP contribution is 2.34. The van der Waals surface area contributed by atoms with Crippen LogP contribution in [0.15, 0.2) is 0 Å². The molecule has 0 heterocycles. The van der Waals surface area contributed by atoms with Crippen molar-refractivity contribution >= 4 is 35.8 Å². The molecule has 102 valence electrons. The van der Waals surface area contributed by atoms with Gasteiger partial charge in [-0.2, -0.15) is 0 Å². The van der Waals surface area contributed by atoms with Crippen molar-refractivity contribution in [3.63, 3.8) is 0 Å². The van der Waals surface area contributed by atoms with E-state index in [2.05, 4.69) is 38.0 Å². The molecule has 0 atom stereocenters. The Hall–Kier alpha value is -0.480. The third-order valence-corrected chi connectivity index (χ3v) is 4.19. The molecule has 2 nitrogen and oxygen atoms in total. The SMILES string of the molecule is CCN(C)c1c(NCCCCC(C)C)c(=S)c1=S. The molecule has 0 spiro atoms. The van der Waals surface area contributed by atoms with Crippen molar-refractivity contribution in [2.24, 2.45) is 5.92 Å². The van der Waals surface area contributed by atoms with Crippen LogP contribution in [0.1, 0.15) is 40.0 Å². The lowest BCUT2D eigenvalue weighted by Crippen LogP contribution is -2.21. The Morgan fingerprint density at radius 1 is 1.17 bits per heavy atom. The molecule has 0 unspecified atom stereocenters. The van der Waals surface area contributed by atoms with Gasteiger partial charge in [0.05, 0.1) is 20.4 Å². The number of nitrogens with one attached hydrogen (secondary N) is 1. The Kier molecular flexibility index (Phi) is 6.22. The van der Waals surface area contributed by atoms with Crippen LogP contribution in [0, 0.1) is 14.9 Å². The first-order valence-corrected chi connectivity index (χ1v) is 7.59. The second kappa shape index (κ2) is 7.19. The lowest BCUT2D eigenvalue weighted by atomic mass is 10.1. The summed E-state index contributed by atoms with van der Waals surface area (Å²) in [5.74, 6) is 0.795. The molecule has 0 fully saturated rings. The average molecular weight is 284 g/mol. The van der Waals surface area contributed by atoms with Crippen LogP contribution in [0.2, 0.25) is 0 Å². The maximum atomic E-state index is 5.30.